The Hall–Kier alpha value is -0.680. The second-order valence-electron chi connectivity index (χ2n) is 3.56. The number of hydrogen-bond donors (Lipinski definition) is 2. The highest BCUT2D eigenvalue weighted by Gasteiger charge is 2.23. The summed E-state index contributed by atoms with van der Waals surface area (Å²) < 4.78 is 0. The molecule has 2 heterocycles. The standard InChI is InChI=1S/C12H16N2S2/c1-13-11(9-5-3-7-15-9)12(14-2)10-6-4-8-16-10/h3-8,11-14H,1-2H3/t11-,12-/m0/s1. The summed E-state index contributed by atoms with van der Waals surface area (Å²) >= 11 is 3.60. The maximum absolute atomic E-state index is 3.40. The van der Waals surface area contributed by atoms with Gasteiger partial charge >= 0.3 is 0 Å². The van der Waals surface area contributed by atoms with Gasteiger partial charge in [0.1, 0.15) is 0 Å². The minimum absolute atomic E-state index is 0.337. The van der Waals surface area contributed by atoms with Gasteiger partial charge in [-0.1, -0.05) is 12.1 Å². The van der Waals surface area contributed by atoms with E-state index in [1.807, 2.05) is 14.1 Å². The number of rotatable bonds is 5. The summed E-state index contributed by atoms with van der Waals surface area (Å²) in [7, 11) is 4.03. The first-order valence-electron chi connectivity index (χ1n) is 5.28. The highest BCUT2D eigenvalue weighted by Crippen LogP contribution is 2.32. The van der Waals surface area contributed by atoms with Crippen molar-refractivity contribution >= 4 is 22.7 Å². The molecular formula is C12H16N2S2. The van der Waals surface area contributed by atoms with Gasteiger partial charge in [-0.3, -0.25) is 0 Å². The highest BCUT2D eigenvalue weighted by molar-refractivity contribution is 7.10. The van der Waals surface area contributed by atoms with E-state index >= 15 is 0 Å². The zero-order valence-corrected chi connectivity index (χ0v) is 11.1. The first kappa shape index (κ1) is 11.8. The van der Waals surface area contributed by atoms with Gasteiger partial charge in [0.05, 0.1) is 12.1 Å². The lowest BCUT2D eigenvalue weighted by molar-refractivity contribution is 0.444. The molecule has 2 rings (SSSR count). The maximum atomic E-state index is 3.40. The molecule has 0 aliphatic rings. The molecule has 0 saturated heterocycles. The predicted octanol–water partition coefficient (Wildman–Crippen LogP) is 3.03. The quantitative estimate of drug-likeness (QED) is 0.854. The van der Waals surface area contributed by atoms with Crippen molar-refractivity contribution in [3.8, 4) is 0 Å². The van der Waals surface area contributed by atoms with E-state index in [1.165, 1.54) is 9.75 Å². The average Bonchev–Trinajstić information content (AvgIpc) is 2.97. The van der Waals surface area contributed by atoms with Crippen molar-refractivity contribution in [1.29, 1.82) is 0 Å². The van der Waals surface area contributed by atoms with Crippen LogP contribution in [0.5, 0.6) is 0 Å². The summed E-state index contributed by atoms with van der Waals surface area (Å²) in [5.41, 5.74) is 0. The van der Waals surface area contributed by atoms with E-state index < -0.39 is 0 Å². The monoisotopic (exact) mass is 252 g/mol. The molecule has 0 unspecified atom stereocenters. The zero-order valence-electron chi connectivity index (χ0n) is 9.44. The predicted molar refractivity (Wildman–Crippen MR) is 72.2 cm³/mol. The third-order valence-electron chi connectivity index (χ3n) is 2.65. The number of thiophene rings is 2. The van der Waals surface area contributed by atoms with Crippen molar-refractivity contribution in [2.45, 2.75) is 12.1 Å². The molecule has 0 aliphatic carbocycles. The smallest absolute Gasteiger partial charge is 0.0618 e. The lowest BCUT2D eigenvalue weighted by Gasteiger charge is -2.24. The molecule has 0 aromatic carbocycles. The molecule has 2 N–H and O–H groups in total. The molecule has 0 amide bonds. The minimum atomic E-state index is 0.337. The summed E-state index contributed by atoms with van der Waals surface area (Å²) in [6.45, 7) is 0. The van der Waals surface area contributed by atoms with Crippen LogP contribution in [0.4, 0.5) is 0 Å². The molecule has 2 atom stereocenters. The van der Waals surface area contributed by atoms with Gasteiger partial charge in [0, 0.05) is 9.75 Å². The van der Waals surface area contributed by atoms with Crippen LogP contribution >= 0.6 is 22.7 Å². The van der Waals surface area contributed by atoms with Crippen molar-refractivity contribution < 1.29 is 0 Å². The van der Waals surface area contributed by atoms with E-state index in [-0.39, 0.29) is 0 Å². The lowest BCUT2D eigenvalue weighted by Crippen LogP contribution is -2.30. The summed E-state index contributed by atoms with van der Waals surface area (Å²) in [6.07, 6.45) is 0. The zero-order chi connectivity index (χ0) is 11.4. The third kappa shape index (κ3) is 2.35. The Balaban J connectivity index is 2.25. The van der Waals surface area contributed by atoms with Crippen LogP contribution in [0.25, 0.3) is 0 Å². The van der Waals surface area contributed by atoms with Gasteiger partial charge in [0.25, 0.3) is 0 Å². The molecule has 16 heavy (non-hydrogen) atoms. The fourth-order valence-corrected chi connectivity index (χ4v) is 3.63. The first-order chi connectivity index (χ1) is 7.86. The topological polar surface area (TPSA) is 24.1 Å². The van der Waals surface area contributed by atoms with E-state index in [4.69, 9.17) is 0 Å². The van der Waals surface area contributed by atoms with Crippen LogP contribution in [0.3, 0.4) is 0 Å². The van der Waals surface area contributed by atoms with E-state index in [9.17, 15) is 0 Å². The summed E-state index contributed by atoms with van der Waals surface area (Å²) in [4.78, 5) is 2.74. The van der Waals surface area contributed by atoms with E-state index in [2.05, 4.69) is 45.7 Å². The van der Waals surface area contributed by atoms with Crippen molar-refractivity contribution in [3.63, 3.8) is 0 Å². The Bertz CT molecular complexity index is 354. The normalized spacial score (nSPS) is 14.9. The molecule has 4 heteroatoms. The average molecular weight is 252 g/mol. The Kier molecular flexibility index (Phi) is 4.12. The van der Waals surface area contributed by atoms with Crippen LogP contribution in [0, 0.1) is 0 Å². The van der Waals surface area contributed by atoms with E-state index in [0.29, 0.717) is 12.1 Å². The Labute approximate surface area is 104 Å². The molecule has 0 radical (unpaired) electrons. The molecule has 0 bridgehead atoms. The van der Waals surface area contributed by atoms with Gasteiger partial charge in [-0.15, -0.1) is 22.7 Å². The Morgan fingerprint density at radius 1 is 0.875 bits per heavy atom. The third-order valence-corrected chi connectivity index (χ3v) is 4.57. The van der Waals surface area contributed by atoms with Gasteiger partial charge in [0.15, 0.2) is 0 Å². The van der Waals surface area contributed by atoms with Crippen molar-refractivity contribution in [2.24, 2.45) is 0 Å². The van der Waals surface area contributed by atoms with Crippen LogP contribution in [0.1, 0.15) is 21.8 Å². The van der Waals surface area contributed by atoms with Crippen LogP contribution in [0.2, 0.25) is 0 Å². The minimum Gasteiger partial charge on any atom is -0.311 e. The fourth-order valence-electron chi connectivity index (χ4n) is 1.88. The number of nitrogens with one attached hydrogen (secondary N) is 2. The summed E-state index contributed by atoms with van der Waals surface area (Å²) in [5.74, 6) is 0. The number of likely N-dealkylation sites (N-methyl/N-ethyl adjacent to an activating group) is 2. The second-order valence-corrected chi connectivity index (χ2v) is 5.52. The summed E-state index contributed by atoms with van der Waals surface area (Å²) in [5, 5.41) is 11.0. The Morgan fingerprint density at radius 2 is 1.31 bits per heavy atom. The van der Waals surface area contributed by atoms with Gasteiger partial charge in [-0.2, -0.15) is 0 Å². The van der Waals surface area contributed by atoms with E-state index in [0.717, 1.165) is 0 Å². The van der Waals surface area contributed by atoms with E-state index in [1.54, 1.807) is 22.7 Å². The van der Waals surface area contributed by atoms with Crippen LogP contribution in [-0.2, 0) is 0 Å². The van der Waals surface area contributed by atoms with Crippen LogP contribution < -0.4 is 10.6 Å². The molecule has 0 aliphatic heterocycles. The van der Waals surface area contributed by atoms with Gasteiger partial charge < -0.3 is 10.6 Å². The molecular weight excluding hydrogens is 236 g/mol. The molecule has 0 saturated carbocycles. The fraction of sp³-hybridized carbons (Fsp3) is 0.333. The molecule has 2 nitrogen and oxygen atoms in total. The SMILES string of the molecule is CN[C@@H](c1cccs1)[C@@H](NC)c1cccs1. The molecule has 2 aromatic heterocycles. The lowest BCUT2D eigenvalue weighted by atomic mass is 10.1. The Morgan fingerprint density at radius 3 is 1.56 bits per heavy atom. The molecule has 2 aromatic rings. The van der Waals surface area contributed by atoms with Crippen molar-refractivity contribution in [1.82, 2.24) is 10.6 Å². The van der Waals surface area contributed by atoms with Crippen LogP contribution in [-0.4, -0.2) is 14.1 Å². The van der Waals surface area contributed by atoms with Crippen LogP contribution in [0.15, 0.2) is 35.0 Å². The second kappa shape index (κ2) is 5.59. The maximum Gasteiger partial charge on any atom is 0.0618 e. The summed E-state index contributed by atoms with van der Waals surface area (Å²) in [6, 6.07) is 9.25. The highest BCUT2D eigenvalue weighted by atomic mass is 32.1. The molecule has 0 fully saturated rings. The van der Waals surface area contributed by atoms with Crippen molar-refractivity contribution in [3.05, 3.63) is 44.8 Å². The molecule has 0 spiro atoms. The molecule has 86 valence electrons. The number of hydrogen-bond acceptors (Lipinski definition) is 4. The van der Waals surface area contributed by atoms with Crippen molar-refractivity contribution in [2.75, 3.05) is 14.1 Å². The van der Waals surface area contributed by atoms with Gasteiger partial charge in [0.2, 0.25) is 0 Å². The van der Waals surface area contributed by atoms with Gasteiger partial charge in [-0.25, -0.2) is 0 Å². The van der Waals surface area contributed by atoms with Gasteiger partial charge in [-0.05, 0) is 37.0 Å². The largest absolute Gasteiger partial charge is 0.311 e. The first-order valence-corrected chi connectivity index (χ1v) is 7.04.